The van der Waals surface area contributed by atoms with E-state index < -0.39 is 0 Å². The number of methoxy groups -OCH3 is 2. The number of hydrogen-bond donors (Lipinski definition) is 1. The normalized spacial score (nSPS) is 10.4. The summed E-state index contributed by atoms with van der Waals surface area (Å²) < 4.78 is 10.7. The Labute approximate surface area is 156 Å². The van der Waals surface area contributed by atoms with Crippen molar-refractivity contribution in [1.29, 1.82) is 0 Å². The van der Waals surface area contributed by atoms with Crippen LogP contribution in [-0.4, -0.2) is 25.1 Å². The first-order valence-corrected chi connectivity index (χ1v) is 9.01. The van der Waals surface area contributed by atoms with Gasteiger partial charge in [-0.1, -0.05) is 29.8 Å². The van der Waals surface area contributed by atoms with Crippen LogP contribution in [0.15, 0.2) is 47.8 Å². The van der Waals surface area contributed by atoms with E-state index in [0.717, 1.165) is 28.1 Å². The van der Waals surface area contributed by atoms with Gasteiger partial charge < -0.3 is 14.8 Å². The highest BCUT2D eigenvalue weighted by molar-refractivity contribution is 7.14. The number of rotatable bonds is 6. The summed E-state index contributed by atoms with van der Waals surface area (Å²) >= 11 is 1.39. The van der Waals surface area contributed by atoms with Gasteiger partial charge in [-0.15, -0.1) is 11.3 Å². The molecule has 1 heterocycles. The summed E-state index contributed by atoms with van der Waals surface area (Å²) in [6, 6.07) is 13.4. The molecule has 0 bridgehead atoms. The molecule has 3 rings (SSSR count). The second-order valence-electron chi connectivity index (χ2n) is 5.78. The molecule has 0 saturated carbocycles. The zero-order chi connectivity index (χ0) is 18.5. The van der Waals surface area contributed by atoms with Gasteiger partial charge in [0.1, 0.15) is 11.5 Å². The van der Waals surface area contributed by atoms with Gasteiger partial charge in [0.25, 0.3) is 0 Å². The summed E-state index contributed by atoms with van der Waals surface area (Å²) in [5, 5.41) is 5.33. The highest BCUT2D eigenvalue weighted by Gasteiger charge is 2.13. The average Bonchev–Trinajstić information content (AvgIpc) is 3.10. The number of aromatic nitrogens is 1. The van der Waals surface area contributed by atoms with Crippen molar-refractivity contribution in [2.24, 2.45) is 0 Å². The number of anilines is 1. The maximum Gasteiger partial charge on any atom is 0.230 e. The molecule has 1 amide bonds. The van der Waals surface area contributed by atoms with Crippen LogP contribution in [0, 0.1) is 6.92 Å². The van der Waals surface area contributed by atoms with Crippen molar-refractivity contribution in [3.63, 3.8) is 0 Å². The van der Waals surface area contributed by atoms with Gasteiger partial charge in [0.05, 0.1) is 26.3 Å². The molecule has 1 aromatic heterocycles. The van der Waals surface area contributed by atoms with Crippen molar-refractivity contribution in [2.45, 2.75) is 13.3 Å². The minimum Gasteiger partial charge on any atom is -0.496 e. The smallest absolute Gasteiger partial charge is 0.230 e. The Kier molecular flexibility index (Phi) is 5.53. The second-order valence-corrected chi connectivity index (χ2v) is 6.64. The van der Waals surface area contributed by atoms with E-state index in [2.05, 4.69) is 10.3 Å². The van der Waals surface area contributed by atoms with E-state index in [1.807, 2.05) is 54.8 Å². The first-order chi connectivity index (χ1) is 12.6. The van der Waals surface area contributed by atoms with Gasteiger partial charge in [0.2, 0.25) is 5.91 Å². The summed E-state index contributed by atoms with van der Waals surface area (Å²) in [6.07, 6.45) is 0.229. The SMILES string of the molecule is COc1ccccc1CC(=O)Nc1nc(-c2cc(C)ccc2OC)cs1. The molecule has 5 nitrogen and oxygen atoms in total. The Bertz CT molecular complexity index is 921. The van der Waals surface area contributed by atoms with Crippen molar-refractivity contribution in [3.05, 3.63) is 59.0 Å². The molecule has 0 radical (unpaired) electrons. The van der Waals surface area contributed by atoms with E-state index in [1.165, 1.54) is 11.3 Å². The molecule has 0 saturated heterocycles. The highest BCUT2D eigenvalue weighted by atomic mass is 32.1. The predicted molar refractivity (Wildman–Crippen MR) is 104 cm³/mol. The van der Waals surface area contributed by atoms with Crippen LogP contribution < -0.4 is 14.8 Å². The first-order valence-electron chi connectivity index (χ1n) is 8.13. The van der Waals surface area contributed by atoms with Crippen LogP contribution in [-0.2, 0) is 11.2 Å². The molecular weight excluding hydrogens is 348 g/mol. The molecule has 0 aliphatic heterocycles. The number of nitrogens with one attached hydrogen (secondary N) is 1. The van der Waals surface area contributed by atoms with Crippen LogP contribution in [0.1, 0.15) is 11.1 Å². The summed E-state index contributed by atoms with van der Waals surface area (Å²) in [6.45, 7) is 2.02. The van der Waals surface area contributed by atoms with Gasteiger partial charge in [-0.05, 0) is 25.1 Å². The Morgan fingerprint density at radius 1 is 1.12 bits per heavy atom. The van der Waals surface area contributed by atoms with Gasteiger partial charge in [-0.2, -0.15) is 0 Å². The number of carbonyl (C=O) groups is 1. The van der Waals surface area contributed by atoms with Crippen molar-refractivity contribution in [1.82, 2.24) is 4.98 Å². The lowest BCUT2D eigenvalue weighted by Crippen LogP contribution is -2.14. The molecule has 3 aromatic rings. The van der Waals surface area contributed by atoms with Crippen molar-refractivity contribution < 1.29 is 14.3 Å². The number of hydrogen-bond acceptors (Lipinski definition) is 5. The second kappa shape index (κ2) is 8.01. The first kappa shape index (κ1) is 17.9. The number of aryl methyl sites for hydroxylation is 1. The fraction of sp³-hybridized carbons (Fsp3) is 0.200. The van der Waals surface area contributed by atoms with Crippen LogP contribution >= 0.6 is 11.3 Å². The molecule has 0 unspecified atom stereocenters. The summed E-state index contributed by atoms with van der Waals surface area (Å²) in [5.41, 5.74) is 3.65. The molecule has 0 fully saturated rings. The quantitative estimate of drug-likeness (QED) is 0.704. The fourth-order valence-electron chi connectivity index (χ4n) is 2.66. The average molecular weight is 368 g/mol. The third-order valence-corrected chi connectivity index (χ3v) is 4.68. The number of para-hydroxylation sites is 1. The zero-order valence-electron chi connectivity index (χ0n) is 14.9. The Morgan fingerprint density at radius 2 is 1.88 bits per heavy atom. The van der Waals surface area contributed by atoms with Crippen molar-refractivity contribution in [2.75, 3.05) is 19.5 Å². The Balaban J connectivity index is 1.74. The summed E-state index contributed by atoms with van der Waals surface area (Å²) in [4.78, 5) is 16.9. The lowest BCUT2D eigenvalue weighted by Gasteiger charge is -2.08. The third-order valence-electron chi connectivity index (χ3n) is 3.92. The standard InChI is InChI=1S/C20H20N2O3S/c1-13-8-9-18(25-3)15(10-13)16-12-26-20(21-16)22-19(23)11-14-6-4-5-7-17(14)24-2/h4-10,12H,11H2,1-3H3,(H,21,22,23). The highest BCUT2D eigenvalue weighted by Crippen LogP contribution is 2.33. The van der Waals surface area contributed by atoms with Gasteiger partial charge in [-0.25, -0.2) is 4.98 Å². The molecule has 0 aliphatic carbocycles. The van der Waals surface area contributed by atoms with Crippen molar-refractivity contribution >= 4 is 22.4 Å². The van der Waals surface area contributed by atoms with E-state index in [-0.39, 0.29) is 12.3 Å². The van der Waals surface area contributed by atoms with E-state index >= 15 is 0 Å². The van der Waals surface area contributed by atoms with Crippen LogP contribution in [0.25, 0.3) is 11.3 Å². The van der Waals surface area contributed by atoms with Crippen LogP contribution in [0.2, 0.25) is 0 Å². The molecule has 26 heavy (non-hydrogen) atoms. The summed E-state index contributed by atoms with van der Waals surface area (Å²) in [7, 11) is 3.23. The topological polar surface area (TPSA) is 60.5 Å². The molecule has 2 aromatic carbocycles. The predicted octanol–water partition coefficient (Wildman–Crippen LogP) is 4.32. The van der Waals surface area contributed by atoms with Gasteiger partial charge in [-0.3, -0.25) is 4.79 Å². The zero-order valence-corrected chi connectivity index (χ0v) is 15.7. The Morgan fingerprint density at radius 3 is 2.65 bits per heavy atom. The van der Waals surface area contributed by atoms with Gasteiger partial charge in [0, 0.05) is 16.5 Å². The maximum absolute atomic E-state index is 12.3. The Hall–Kier alpha value is -2.86. The molecule has 0 atom stereocenters. The minimum absolute atomic E-state index is 0.133. The molecule has 0 aliphatic rings. The molecular formula is C20H20N2O3S. The van der Waals surface area contributed by atoms with E-state index in [4.69, 9.17) is 9.47 Å². The number of benzene rings is 2. The molecule has 1 N–H and O–H groups in total. The monoisotopic (exact) mass is 368 g/mol. The maximum atomic E-state index is 12.3. The van der Waals surface area contributed by atoms with E-state index in [0.29, 0.717) is 10.9 Å². The van der Waals surface area contributed by atoms with Crippen LogP contribution in [0.5, 0.6) is 11.5 Å². The van der Waals surface area contributed by atoms with E-state index in [9.17, 15) is 4.79 Å². The van der Waals surface area contributed by atoms with Gasteiger partial charge >= 0.3 is 0 Å². The van der Waals surface area contributed by atoms with Crippen LogP contribution in [0.3, 0.4) is 0 Å². The van der Waals surface area contributed by atoms with Crippen LogP contribution in [0.4, 0.5) is 5.13 Å². The number of carbonyl (C=O) groups excluding carboxylic acids is 1. The number of amides is 1. The largest absolute Gasteiger partial charge is 0.496 e. The molecule has 0 spiro atoms. The number of ether oxygens (including phenoxy) is 2. The van der Waals surface area contributed by atoms with Crippen molar-refractivity contribution in [3.8, 4) is 22.8 Å². The van der Waals surface area contributed by atoms with E-state index in [1.54, 1.807) is 14.2 Å². The summed E-state index contributed by atoms with van der Waals surface area (Å²) in [5.74, 6) is 1.33. The minimum atomic E-state index is -0.133. The third kappa shape index (κ3) is 4.03. The lowest BCUT2D eigenvalue weighted by atomic mass is 10.1. The fourth-order valence-corrected chi connectivity index (χ4v) is 3.39. The number of nitrogens with zero attached hydrogens (tertiary/aromatic N) is 1. The number of thiazole rings is 1. The lowest BCUT2D eigenvalue weighted by molar-refractivity contribution is -0.115. The molecule has 134 valence electrons. The van der Waals surface area contributed by atoms with Gasteiger partial charge in [0.15, 0.2) is 5.13 Å². The molecule has 6 heteroatoms.